The van der Waals surface area contributed by atoms with Crippen LogP contribution in [0.4, 0.5) is 5.13 Å². The monoisotopic (exact) mass is 387 g/mol. The molecule has 0 spiro atoms. The number of fused-ring (bicyclic) bond motifs is 1. The van der Waals surface area contributed by atoms with E-state index >= 15 is 0 Å². The molecule has 6 heteroatoms. The zero-order valence-corrected chi connectivity index (χ0v) is 15.9. The molecule has 4 rings (SSSR count). The van der Waals surface area contributed by atoms with Gasteiger partial charge in [0, 0.05) is 0 Å². The SMILES string of the molecule is Cc1cccc(C(=O)Oc2ccc(/C=N\Nc3nc4ccccc4s3)cc2)c1. The number of benzene rings is 3. The van der Waals surface area contributed by atoms with E-state index in [1.165, 1.54) is 0 Å². The first-order valence-electron chi connectivity index (χ1n) is 8.71. The van der Waals surface area contributed by atoms with E-state index in [1.54, 1.807) is 41.8 Å². The molecule has 0 saturated heterocycles. The summed E-state index contributed by atoms with van der Waals surface area (Å²) < 4.78 is 6.52. The largest absolute Gasteiger partial charge is 0.423 e. The van der Waals surface area contributed by atoms with Crippen LogP contribution in [0.1, 0.15) is 21.5 Å². The average Bonchev–Trinajstić information content (AvgIpc) is 3.12. The molecule has 0 bridgehead atoms. The summed E-state index contributed by atoms with van der Waals surface area (Å²) in [6, 6.07) is 22.4. The summed E-state index contributed by atoms with van der Waals surface area (Å²) in [6.07, 6.45) is 1.69. The van der Waals surface area contributed by atoms with E-state index in [9.17, 15) is 4.79 Å². The predicted molar refractivity (Wildman–Crippen MR) is 113 cm³/mol. The quantitative estimate of drug-likeness (QED) is 0.219. The molecule has 0 fully saturated rings. The smallest absolute Gasteiger partial charge is 0.343 e. The molecule has 1 aromatic heterocycles. The fourth-order valence-corrected chi connectivity index (χ4v) is 3.46. The number of aromatic nitrogens is 1. The standard InChI is InChI=1S/C22H17N3O2S/c1-15-5-4-6-17(13-15)21(26)27-18-11-9-16(10-12-18)14-23-25-22-24-19-7-2-3-8-20(19)28-22/h2-14H,1H3,(H,24,25)/b23-14-. The molecule has 0 saturated carbocycles. The van der Waals surface area contributed by atoms with Crippen molar-refractivity contribution in [2.75, 3.05) is 5.43 Å². The molecule has 0 radical (unpaired) electrons. The highest BCUT2D eigenvalue weighted by Gasteiger charge is 2.08. The third kappa shape index (κ3) is 4.24. The number of thiazole rings is 1. The first kappa shape index (κ1) is 17.9. The van der Waals surface area contributed by atoms with Crippen LogP contribution in [0, 0.1) is 6.92 Å². The summed E-state index contributed by atoms with van der Waals surface area (Å²) >= 11 is 1.55. The molecule has 0 atom stereocenters. The number of carbonyl (C=O) groups excluding carboxylic acids is 1. The molecule has 138 valence electrons. The number of aryl methyl sites for hydroxylation is 1. The van der Waals surface area contributed by atoms with E-state index in [2.05, 4.69) is 15.5 Å². The topological polar surface area (TPSA) is 63.6 Å². The number of para-hydroxylation sites is 1. The molecule has 0 aliphatic heterocycles. The maximum atomic E-state index is 12.2. The van der Waals surface area contributed by atoms with Crippen LogP contribution < -0.4 is 10.2 Å². The fraction of sp³-hybridized carbons (Fsp3) is 0.0455. The van der Waals surface area contributed by atoms with Crippen molar-refractivity contribution in [3.05, 3.63) is 89.5 Å². The number of anilines is 1. The Balaban J connectivity index is 1.37. The molecule has 0 unspecified atom stereocenters. The minimum Gasteiger partial charge on any atom is -0.423 e. The van der Waals surface area contributed by atoms with Crippen LogP contribution in [0.2, 0.25) is 0 Å². The minimum atomic E-state index is -0.373. The lowest BCUT2D eigenvalue weighted by molar-refractivity contribution is 0.0734. The van der Waals surface area contributed by atoms with Crippen LogP contribution in [0.5, 0.6) is 5.75 Å². The van der Waals surface area contributed by atoms with E-state index in [4.69, 9.17) is 4.74 Å². The molecular formula is C22H17N3O2S. The lowest BCUT2D eigenvalue weighted by Gasteiger charge is -2.05. The van der Waals surface area contributed by atoms with Crippen molar-refractivity contribution >= 4 is 38.9 Å². The maximum Gasteiger partial charge on any atom is 0.343 e. The molecule has 5 nitrogen and oxygen atoms in total. The van der Waals surface area contributed by atoms with Gasteiger partial charge in [-0.2, -0.15) is 5.10 Å². The second-order valence-electron chi connectivity index (χ2n) is 6.18. The van der Waals surface area contributed by atoms with Crippen LogP contribution in [-0.2, 0) is 0 Å². The highest BCUT2D eigenvalue weighted by Crippen LogP contribution is 2.25. The number of hydrazone groups is 1. The van der Waals surface area contributed by atoms with Crippen molar-refractivity contribution in [1.82, 2.24) is 4.98 Å². The Hall–Kier alpha value is -3.51. The van der Waals surface area contributed by atoms with Gasteiger partial charge in [0.1, 0.15) is 5.75 Å². The summed E-state index contributed by atoms with van der Waals surface area (Å²) in [5.41, 5.74) is 6.32. The van der Waals surface area contributed by atoms with Crippen molar-refractivity contribution in [2.45, 2.75) is 6.92 Å². The highest BCUT2D eigenvalue weighted by molar-refractivity contribution is 7.22. The van der Waals surface area contributed by atoms with Gasteiger partial charge < -0.3 is 4.74 Å². The molecule has 28 heavy (non-hydrogen) atoms. The van der Waals surface area contributed by atoms with Crippen LogP contribution in [0.25, 0.3) is 10.2 Å². The maximum absolute atomic E-state index is 12.2. The van der Waals surface area contributed by atoms with Crippen molar-refractivity contribution < 1.29 is 9.53 Å². The minimum absolute atomic E-state index is 0.373. The van der Waals surface area contributed by atoms with Crippen LogP contribution in [0.3, 0.4) is 0 Å². The lowest BCUT2D eigenvalue weighted by Crippen LogP contribution is -2.08. The van der Waals surface area contributed by atoms with Gasteiger partial charge in [-0.15, -0.1) is 0 Å². The van der Waals surface area contributed by atoms with Gasteiger partial charge in [0.15, 0.2) is 0 Å². The Morgan fingerprint density at radius 3 is 2.68 bits per heavy atom. The molecule has 0 amide bonds. The van der Waals surface area contributed by atoms with Crippen LogP contribution >= 0.6 is 11.3 Å². The molecule has 0 aliphatic rings. The number of rotatable bonds is 5. The number of hydrogen-bond acceptors (Lipinski definition) is 6. The Labute approximate surface area is 166 Å². The van der Waals surface area contributed by atoms with E-state index < -0.39 is 0 Å². The Morgan fingerprint density at radius 2 is 1.89 bits per heavy atom. The van der Waals surface area contributed by atoms with Crippen molar-refractivity contribution in [1.29, 1.82) is 0 Å². The lowest BCUT2D eigenvalue weighted by atomic mass is 10.1. The van der Waals surface area contributed by atoms with Gasteiger partial charge in [-0.05, 0) is 61.0 Å². The number of nitrogens with zero attached hydrogens (tertiary/aromatic N) is 2. The van der Waals surface area contributed by atoms with Crippen molar-refractivity contribution in [3.63, 3.8) is 0 Å². The summed E-state index contributed by atoms with van der Waals surface area (Å²) in [5.74, 6) is 0.116. The highest BCUT2D eigenvalue weighted by atomic mass is 32.1. The summed E-state index contributed by atoms with van der Waals surface area (Å²) in [5, 5.41) is 4.96. The summed E-state index contributed by atoms with van der Waals surface area (Å²) in [6.45, 7) is 1.94. The van der Waals surface area contributed by atoms with Crippen LogP contribution in [-0.4, -0.2) is 17.2 Å². The Morgan fingerprint density at radius 1 is 1.07 bits per heavy atom. The van der Waals surface area contributed by atoms with Gasteiger partial charge >= 0.3 is 5.97 Å². The number of nitrogens with one attached hydrogen (secondary N) is 1. The second-order valence-corrected chi connectivity index (χ2v) is 7.22. The average molecular weight is 387 g/mol. The van der Waals surface area contributed by atoms with Gasteiger partial charge in [-0.3, -0.25) is 5.43 Å². The summed E-state index contributed by atoms with van der Waals surface area (Å²) in [7, 11) is 0. The normalized spacial score (nSPS) is 11.0. The molecule has 4 aromatic rings. The Kier molecular flexibility index (Phi) is 5.12. The second kappa shape index (κ2) is 8.02. The third-order valence-electron chi connectivity index (χ3n) is 4.01. The summed E-state index contributed by atoms with van der Waals surface area (Å²) in [4.78, 5) is 16.7. The van der Waals surface area contributed by atoms with Crippen molar-refractivity contribution in [2.24, 2.45) is 5.10 Å². The zero-order valence-electron chi connectivity index (χ0n) is 15.1. The first-order chi connectivity index (χ1) is 13.7. The van der Waals surface area contributed by atoms with E-state index in [1.807, 2.05) is 55.5 Å². The van der Waals surface area contributed by atoms with Gasteiger partial charge in [0.25, 0.3) is 0 Å². The fourth-order valence-electron chi connectivity index (χ4n) is 2.64. The van der Waals surface area contributed by atoms with Gasteiger partial charge in [-0.25, -0.2) is 9.78 Å². The van der Waals surface area contributed by atoms with Gasteiger partial charge in [-0.1, -0.05) is 41.2 Å². The number of ether oxygens (including phenoxy) is 1. The number of hydrogen-bond donors (Lipinski definition) is 1. The van der Waals surface area contributed by atoms with Gasteiger partial charge in [0.05, 0.1) is 22.0 Å². The van der Waals surface area contributed by atoms with E-state index in [0.29, 0.717) is 11.3 Å². The Bertz CT molecular complexity index is 1120. The molecule has 3 aromatic carbocycles. The van der Waals surface area contributed by atoms with Crippen molar-refractivity contribution in [3.8, 4) is 5.75 Å². The van der Waals surface area contributed by atoms with Crippen LogP contribution in [0.15, 0.2) is 77.9 Å². The number of esters is 1. The molecule has 1 heterocycles. The zero-order chi connectivity index (χ0) is 19.3. The third-order valence-corrected chi connectivity index (χ3v) is 4.95. The molecule has 0 aliphatic carbocycles. The molecular weight excluding hydrogens is 370 g/mol. The van der Waals surface area contributed by atoms with E-state index in [0.717, 1.165) is 26.5 Å². The predicted octanol–water partition coefficient (Wildman–Crippen LogP) is 5.27. The molecule has 1 N–H and O–H groups in total. The first-order valence-corrected chi connectivity index (χ1v) is 9.52. The number of carbonyl (C=O) groups is 1. The van der Waals surface area contributed by atoms with Gasteiger partial charge in [0.2, 0.25) is 5.13 Å². The van der Waals surface area contributed by atoms with E-state index in [-0.39, 0.29) is 5.97 Å².